The van der Waals surface area contributed by atoms with E-state index in [2.05, 4.69) is 4.90 Å². The molecule has 1 aliphatic heterocycles. The largest absolute Gasteiger partial charge is 0.393 e. The third-order valence-electron chi connectivity index (χ3n) is 3.47. The average Bonchev–Trinajstić information content (AvgIpc) is 2.80. The first-order valence-corrected chi connectivity index (χ1v) is 7.33. The van der Waals surface area contributed by atoms with Gasteiger partial charge in [0.25, 0.3) is 0 Å². The van der Waals surface area contributed by atoms with Crippen molar-refractivity contribution in [2.45, 2.75) is 25.9 Å². The normalized spacial score (nSPS) is 17.6. The number of aliphatic hydroxyl groups is 1. The Morgan fingerprint density at radius 3 is 2.83 bits per heavy atom. The highest BCUT2D eigenvalue weighted by molar-refractivity contribution is 7.22. The highest BCUT2D eigenvalue weighted by atomic mass is 35.5. The molecule has 0 atom stereocenters. The van der Waals surface area contributed by atoms with Crippen molar-refractivity contribution in [3.63, 3.8) is 0 Å². The van der Waals surface area contributed by atoms with Gasteiger partial charge in [-0.25, -0.2) is 4.98 Å². The van der Waals surface area contributed by atoms with Crippen LogP contribution in [0.3, 0.4) is 0 Å². The van der Waals surface area contributed by atoms with E-state index in [-0.39, 0.29) is 6.10 Å². The molecule has 0 saturated carbocycles. The van der Waals surface area contributed by atoms with E-state index in [0.29, 0.717) is 0 Å². The molecule has 0 bridgehead atoms. The molecule has 0 spiro atoms. The summed E-state index contributed by atoms with van der Waals surface area (Å²) in [6, 6.07) is 3.96. The van der Waals surface area contributed by atoms with Gasteiger partial charge < -0.3 is 10.0 Å². The lowest BCUT2D eigenvalue weighted by Gasteiger charge is -2.28. The SMILES string of the molecule is Cc1c(Cl)ccc2sc(N3CCC(O)CC3)nc12. The second-order valence-electron chi connectivity index (χ2n) is 4.73. The van der Waals surface area contributed by atoms with Gasteiger partial charge in [-0.3, -0.25) is 0 Å². The summed E-state index contributed by atoms with van der Waals surface area (Å²) >= 11 is 7.82. The summed E-state index contributed by atoms with van der Waals surface area (Å²) in [5.74, 6) is 0. The first kappa shape index (κ1) is 12.2. The Hall–Kier alpha value is -0.840. The molecule has 2 aromatic rings. The van der Waals surface area contributed by atoms with Crippen LogP contribution in [0.5, 0.6) is 0 Å². The van der Waals surface area contributed by atoms with E-state index < -0.39 is 0 Å². The van der Waals surface area contributed by atoms with Crippen molar-refractivity contribution in [3.8, 4) is 0 Å². The van der Waals surface area contributed by atoms with Gasteiger partial charge in [0.05, 0.1) is 16.3 Å². The summed E-state index contributed by atoms with van der Waals surface area (Å²) in [5, 5.41) is 11.3. The Labute approximate surface area is 115 Å². The minimum absolute atomic E-state index is 0.146. The number of rotatable bonds is 1. The van der Waals surface area contributed by atoms with E-state index in [0.717, 1.165) is 47.2 Å². The van der Waals surface area contributed by atoms with Gasteiger partial charge in [0.2, 0.25) is 0 Å². The molecule has 1 aromatic carbocycles. The van der Waals surface area contributed by atoms with Gasteiger partial charge in [-0.1, -0.05) is 22.9 Å². The van der Waals surface area contributed by atoms with Gasteiger partial charge >= 0.3 is 0 Å². The Bertz CT molecular complexity index is 576. The minimum Gasteiger partial charge on any atom is -0.393 e. The molecule has 96 valence electrons. The fourth-order valence-corrected chi connectivity index (χ4v) is 3.51. The first-order valence-electron chi connectivity index (χ1n) is 6.14. The molecular formula is C13H15ClN2OS. The fourth-order valence-electron chi connectivity index (χ4n) is 2.28. The Morgan fingerprint density at radius 1 is 1.39 bits per heavy atom. The number of aryl methyl sites for hydroxylation is 1. The first-order chi connectivity index (χ1) is 8.65. The maximum atomic E-state index is 9.53. The minimum atomic E-state index is -0.146. The van der Waals surface area contributed by atoms with Crippen molar-refractivity contribution in [2.24, 2.45) is 0 Å². The number of aromatic nitrogens is 1. The molecular weight excluding hydrogens is 268 g/mol. The Morgan fingerprint density at radius 2 is 2.11 bits per heavy atom. The van der Waals surface area contributed by atoms with Crippen LogP contribution in [0.1, 0.15) is 18.4 Å². The van der Waals surface area contributed by atoms with Gasteiger partial charge in [-0.2, -0.15) is 0 Å². The highest BCUT2D eigenvalue weighted by Gasteiger charge is 2.20. The smallest absolute Gasteiger partial charge is 0.186 e. The van der Waals surface area contributed by atoms with Crippen LogP contribution in [-0.4, -0.2) is 29.3 Å². The molecule has 0 amide bonds. The zero-order valence-electron chi connectivity index (χ0n) is 10.2. The monoisotopic (exact) mass is 282 g/mol. The molecule has 2 heterocycles. The molecule has 1 aliphatic rings. The van der Waals surface area contributed by atoms with E-state index in [1.807, 2.05) is 19.1 Å². The van der Waals surface area contributed by atoms with Crippen LogP contribution in [0.2, 0.25) is 5.02 Å². The lowest BCUT2D eigenvalue weighted by molar-refractivity contribution is 0.145. The molecule has 1 fully saturated rings. The van der Waals surface area contributed by atoms with Crippen LogP contribution in [-0.2, 0) is 0 Å². The molecule has 3 rings (SSSR count). The second-order valence-corrected chi connectivity index (χ2v) is 6.15. The van der Waals surface area contributed by atoms with E-state index >= 15 is 0 Å². The number of fused-ring (bicyclic) bond motifs is 1. The number of anilines is 1. The summed E-state index contributed by atoms with van der Waals surface area (Å²) in [4.78, 5) is 6.95. The topological polar surface area (TPSA) is 36.4 Å². The number of aliphatic hydroxyl groups excluding tert-OH is 1. The van der Waals surface area contributed by atoms with Crippen LogP contribution >= 0.6 is 22.9 Å². The van der Waals surface area contributed by atoms with Crippen molar-refractivity contribution in [3.05, 3.63) is 22.7 Å². The number of thiazole rings is 1. The average molecular weight is 283 g/mol. The van der Waals surface area contributed by atoms with Crippen molar-refractivity contribution in [1.82, 2.24) is 4.98 Å². The van der Waals surface area contributed by atoms with Gasteiger partial charge in [0, 0.05) is 18.1 Å². The van der Waals surface area contributed by atoms with Crippen molar-refractivity contribution < 1.29 is 5.11 Å². The highest BCUT2D eigenvalue weighted by Crippen LogP contribution is 2.34. The van der Waals surface area contributed by atoms with Gasteiger partial charge in [0.1, 0.15) is 0 Å². The van der Waals surface area contributed by atoms with Crippen molar-refractivity contribution in [2.75, 3.05) is 18.0 Å². The molecule has 0 radical (unpaired) electrons. The zero-order valence-corrected chi connectivity index (χ0v) is 11.8. The lowest BCUT2D eigenvalue weighted by atomic mass is 10.1. The number of piperidine rings is 1. The maximum Gasteiger partial charge on any atom is 0.186 e. The predicted octanol–water partition coefficient (Wildman–Crippen LogP) is 3.22. The third-order valence-corrected chi connectivity index (χ3v) is 4.96. The predicted molar refractivity (Wildman–Crippen MR) is 76.8 cm³/mol. The number of nitrogens with zero attached hydrogens (tertiary/aromatic N) is 2. The fraction of sp³-hybridized carbons (Fsp3) is 0.462. The van der Waals surface area contributed by atoms with Crippen LogP contribution in [0.25, 0.3) is 10.2 Å². The van der Waals surface area contributed by atoms with Gasteiger partial charge in [-0.15, -0.1) is 0 Å². The molecule has 1 aromatic heterocycles. The van der Waals surface area contributed by atoms with Crippen molar-refractivity contribution >= 4 is 38.3 Å². The van der Waals surface area contributed by atoms with E-state index in [1.165, 1.54) is 4.70 Å². The molecule has 1 N–H and O–H groups in total. The van der Waals surface area contributed by atoms with Crippen LogP contribution < -0.4 is 4.90 Å². The Balaban J connectivity index is 1.96. The number of halogens is 1. The Kier molecular flexibility index (Phi) is 3.18. The number of hydrogen-bond acceptors (Lipinski definition) is 4. The molecule has 0 aliphatic carbocycles. The van der Waals surface area contributed by atoms with Gasteiger partial charge in [-0.05, 0) is 37.5 Å². The quantitative estimate of drug-likeness (QED) is 0.872. The summed E-state index contributed by atoms with van der Waals surface area (Å²) in [6.07, 6.45) is 1.51. The molecule has 1 saturated heterocycles. The van der Waals surface area contributed by atoms with E-state index in [4.69, 9.17) is 16.6 Å². The van der Waals surface area contributed by atoms with Crippen LogP contribution in [0, 0.1) is 6.92 Å². The second kappa shape index (κ2) is 4.68. The number of benzene rings is 1. The molecule has 3 nitrogen and oxygen atoms in total. The van der Waals surface area contributed by atoms with Gasteiger partial charge in [0.15, 0.2) is 5.13 Å². The maximum absolute atomic E-state index is 9.53. The standard InChI is InChI=1S/C13H15ClN2OS/c1-8-10(14)2-3-11-12(8)15-13(18-11)16-6-4-9(17)5-7-16/h2-3,9,17H,4-7H2,1H3. The summed E-state index contributed by atoms with van der Waals surface area (Å²) < 4.78 is 1.18. The van der Waals surface area contributed by atoms with Crippen LogP contribution in [0.4, 0.5) is 5.13 Å². The molecule has 0 unspecified atom stereocenters. The third kappa shape index (κ3) is 2.09. The van der Waals surface area contributed by atoms with E-state index in [1.54, 1.807) is 11.3 Å². The lowest BCUT2D eigenvalue weighted by Crippen LogP contribution is -2.35. The molecule has 5 heteroatoms. The summed E-state index contributed by atoms with van der Waals surface area (Å²) in [7, 11) is 0. The zero-order chi connectivity index (χ0) is 12.7. The summed E-state index contributed by atoms with van der Waals surface area (Å²) in [6.45, 7) is 3.77. The van der Waals surface area contributed by atoms with E-state index in [9.17, 15) is 5.11 Å². The molecule has 18 heavy (non-hydrogen) atoms. The van der Waals surface area contributed by atoms with Crippen molar-refractivity contribution in [1.29, 1.82) is 0 Å². The number of hydrogen-bond donors (Lipinski definition) is 1. The summed E-state index contributed by atoms with van der Waals surface area (Å²) in [5.41, 5.74) is 2.06. The van der Waals surface area contributed by atoms with Crippen LogP contribution in [0.15, 0.2) is 12.1 Å².